The molecule has 0 aliphatic carbocycles. The molecule has 1 fully saturated rings. The molecule has 1 amide bonds. The van der Waals surface area contributed by atoms with E-state index in [-0.39, 0.29) is 35.5 Å². The lowest BCUT2D eigenvalue weighted by molar-refractivity contribution is -0.137. The fourth-order valence-corrected chi connectivity index (χ4v) is 5.43. The number of ether oxygens (including phenoxy) is 1. The molecule has 5 rings (SSSR count). The maximum absolute atomic E-state index is 13.5. The van der Waals surface area contributed by atoms with Gasteiger partial charge in [0.05, 0.1) is 5.56 Å². The molecule has 4 nitrogen and oxygen atoms in total. The minimum absolute atomic E-state index is 0.0369. The Morgan fingerprint density at radius 2 is 1.59 bits per heavy atom. The fraction of sp³-hybridized carbons (Fsp3) is 0.250. The van der Waals surface area contributed by atoms with Gasteiger partial charge in [-0.05, 0) is 72.5 Å². The standard InChI is InChI=1S/C32H27ClF4N2O2/c1-20(41-30-15-10-25(18-38-30)32(35,36)37)28-16-17-39(19-29(28)23-6-11-26(33)12-7-23)31(40)24-4-2-21(3-5-24)22-8-13-27(34)14-9-22/h2-15,18,20,28-29H,16-17,19H2,1H3. The number of nitrogens with zero attached hydrogens (tertiary/aromatic N) is 2. The Labute approximate surface area is 240 Å². The smallest absolute Gasteiger partial charge is 0.417 e. The summed E-state index contributed by atoms with van der Waals surface area (Å²) in [4.78, 5) is 19.2. The van der Waals surface area contributed by atoms with Crippen LogP contribution in [0.1, 0.15) is 40.7 Å². The zero-order valence-corrected chi connectivity index (χ0v) is 22.9. The Morgan fingerprint density at radius 1 is 0.951 bits per heavy atom. The molecule has 2 heterocycles. The van der Waals surface area contributed by atoms with Crippen LogP contribution in [0.25, 0.3) is 11.1 Å². The molecule has 0 spiro atoms. The van der Waals surface area contributed by atoms with Crippen LogP contribution in [-0.4, -0.2) is 35.0 Å². The number of pyridine rings is 1. The van der Waals surface area contributed by atoms with Crippen molar-refractivity contribution < 1.29 is 27.1 Å². The third kappa shape index (κ3) is 6.70. The van der Waals surface area contributed by atoms with Crippen molar-refractivity contribution in [2.45, 2.75) is 31.5 Å². The first-order chi connectivity index (χ1) is 19.6. The molecule has 0 bridgehead atoms. The number of hydrogen-bond donors (Lipinski definition) is 0. The van der Waals surface area contributed by atoms with E-state index in [1.54, 1.807) is 36.4 Å². The van der Waals surface area contributed by atoms with Crippen LogP contribution in [0.5, 0.6) is 5.88 Å². The van der Waals surface area contributed by atoms with E-state index in [9.17, 15) is 22.4 Å². The van der Waals surface area contributed by atoms with Crippen molar-refractivity contribution >= 4 is 17.5 Å². The van der Waals surface area contributed by atoms with Gasteiger partial charge in [-0.3, -0.25) is 4.79 Å². The molecule has 0 radical (unpaired) electrons. The summed E-state index contributed by atoms with van der Waals surface area (Å²) >= 11 is 6.13. The molecule has 3 unspecified atom stereocenters. The number of hydrogen-bond acceptors (Lipinski definition) is 3. The molecule has 0 N–H and O–H groups in total. The summed E-state index contributed by atoms with van der Waals surface area (Å²) in [5.74, 6) is -0.446. The van der Waals surface area contributed by atoms with Gasteiger partial charge in [-0.15, -0.1) is 0 Å². The highest BCUT2D eigenvalue weighted by atomic mass is 35.5. The summed E-state index contributed by atoms with van der Waals surface area (Å²) in [5.41, 5.74) is 2.42. The van der Waals surface area contributed by atoms with Gasteiger partial charge >= 0.3 is 6.18 Å². The second-order valence-electron chi connectivity index (χ2n) is 10.2. The van der Waals surface area contributed by atoms with Gasteiger partial charge in [-0.2, -0.15) is 13.2 Å². The van der Waals surface area contributed by atoms with Crippen molar-refractivity contribution in [3.63, 3.8) is 0 Å². The molecular formula is C32H27ClF4N2O2. The van der Waals surface area contributed by atoms with E-state index in [4.69, 9.17) is 16.3 Å². The van der Waals surface area contributed by atoms with Gasteiger partial charge in [0.2, 0.25) is 5.88 Å². The number of carbonyl (C=O) groups is 1. The van der Waals surface area contributed by atoms with Gasteiger partial charge in [0.15, 0.2) is 0 Å². The van der Waals surface area contributed by atoms with Crippen LogP contribution >= 0.6 is 11.6 Å². The van der Waals surface area contributed by atoms with E-state index in [1.165, 1.54) is 18.2 Å². The Balaban J connectivity index is 1.33. The highest BCUT2D eigenvalue weighted by Gasteiger charge is 2.37. The average molecular weight is 583 g/mol. The predicted octanol–water partition coefficient (Wildman–Crippen LogP) is 8.27. The van der Waals surface area contributed by atoms with Gasteiger partial charge < -0.3 is 9.64 Å². The summed E-state index contributed by atoms with van der Waals surface area (Å²) in [7, 11) is 0. The Morgan fingerprint density at radius 3 is 2.17 bits per heavy atom. The molecular weight excluding hydrogens is 556 g/mol. The molecule has 3 atom stereocenters. The van der Waals surface area contributed by atoms with E-state index in [1.807, 2.05) is 36.1 Å². The van der Waals surface area contributed by atoms with E-state index in [2.05, 4.69) is 4.98 Å². The zero-order chi connectivity index (χ0) is 29.1. The first kappa shape index (κ1) is 28.6. The first-order valence-corrected chi connectivity index (χ1v) is 13.6. The average Bonchev–Trinajstić information content (AvgIpc) is 2.97. The quantitative estimate of drug-likeness (QED) is 0.215. The topological polar surface area (TPSA) is 42.4 Å². The molecule has 1 aliphatic rings. The summed E-state index contributed by atoms with van der Waals surface area (Å²) in [6, 6.07) is 23.0. The van der Waals surface area contributed by atoms with Gasteiger partial charge in [0.25, 0.3) is 5.91 Å². The van der Waals surface area contributed by atoms with Crippen molar-refractivity contribution in [3.05, 3.63) is 119 Å². The highest BCUT2D eigenvalue weighted by molar-refractivity contribution is 6.30. The number of amides is 1. The minimum Gasteiger partial charge on any atom is -0.474 e. The molecule has 212 valence electrons. The van der Waals surface area contributed by atoms with Crippen LogP contribution in [0.2, 0.25) is 5.02 Å². The molecule has 1 aliphatic heterocycles. The second-order valence-corrected chi connectivity index (χ2v) is 10.6. The van der Waals surface area contributed by atoms with Crippen LogP contribution < -0.4 is 4.74 Å². The number of piperidine rings is 1. The number of likely N-dealkylation sites (tertiary alicyclic amines) is 1. The lowest BCUT2D eigenvalue weighted by Crippen LogP contribution is -2.46. The molecule has 1 saturated heterocycles. The van der Waals surface area contributed by atoms with Crippen molar-refractivity contribution in [1.29, 1.82) is 0 Å². The van der Waals surface area contributed by atoms with Crippen LogP contribution in [0.4, 0.5) is 17.6 Å². The number of rotatable bonds is 6. The van der Waals surface area contributed by atoms with Gasteiger partial charge in [0, 0.05) is 47.8 Å². The fourth-order valence-electron chi connectivity index (χ4n) is 5.30. The highest BCUT2D eigenvalue weighted by Crippen LogP contribution is 2.37. The van der Waals surface area contributed by atoms with Crippen molar-refractivity contribution in [2.75, 3.05) is 13.1 Å². The minimum atomic E-state index is -4.47. The number of carbonyl (C=O) groups excluding carboxylic acids is 1. The van der Waals surface area contributed by atoms with Crippen molar-refractivity contribution in [2.24, 2.45) is 5.92 Å². The number of alkyl halides is 3. The monoisotopic (exact) mass is 582 g/mol. The Kier molecular flexibility index (Phi) is 8.31. The van der Waals surface area contributed by atoms with Crippen LogP contribution in [0.15, 0.2) is 91.1 Å². The predicted molar refractivity (Wildman–Crippen MR) is 149 cm³/mol. The number of benzene rings is 3. The second kappa shape index (κ2) is 11.9. The van der Waals surface area contributed by atoms with Crippen LogP contribution in [-0.2, 0) is 6.18 Å². The Bertz CT molecular complexity index is 1480. The van der Waals surface area contributed by atoms with Crippen LogP contribution in [0, 0.1) is 11.7 Å². The molecule has 1 aromatic heterocycles. The molecule has 0 saturated carbocycles. The molecule has 3 aromatic carbocycles. The third-order valence-corrected chi connectivity index (χ3v) is 7.79. The van der Waals surface area contributed by atoms with Crippen LogP contribution in [0.3, 0.4) is 0 Å². The number of halogens is 5. The summed E-state index contributed by atoms with van der Waals surface area (Å²) in [6.07, 6.45) is -3.47. The van der Waals surface area contributed by atoms with Gasteiger partial charge in [-0.1, -0.05) is 48.0 Å². The van der Waals surface area contributed by atoms with Crippen molar-refractivity contribution in [3.8, 4) is 17.0 Å². The summed E-state index contributed by atoms with van der Waals surface area (Å²) in [6.45, 7) is 2.79. The summed E-state index contributed by atoms with van der Waals surface area (Å²) in [5, 5.41) is 0.591. The van der Waals surface area contributed by atoms with Gasteiger partial charge in [-0.25, -0.2) is 9.37 Å². The van der Waals surface area contributed by atoms with E-state index in [0.29, 0.717) is 30.1 Å². The lowest BCUT2D eigenvalue weighted by Gasteiger charge is -2.41. The SMILES string of the molecule is CC(Oc1ccc(C(F)(F)F)cn1)C1CCN(C(=O)c2ccc(-c3ccc(F)cc3)cc2)CC1c1ccc(Cl)cc1. The first-order valence-electron chi connectivity index (χ1n) is 13.2. The largest absolute Gasteiger partial charge is 0.474 e. The molecule has 41 heavy (non-hydrogen) atoms. The maximum Gasteiger partial charge on any atom is 0.417 e. The molecule has 4 aromatic rings. The summed E-state index contributed by atoms with van der Waals surface area (Å²) < 4.78 is 58.1. The van der Waals surface area contributed by atoms with Crippen molar-refractivity contribution in [1.82, 2.24) is 9.88 Å². The van der Waals surface area contributed by atoms with E-state index in [0.717, 1.165) is 29.0 Å². The molecule has 9 heteroatoms. The third-order valence-electron chi connectivity index (χ3n) is 7.53. The van der Waals surface area contributed by atoms with E-state index >= 15 is 0 Å². The maximum atomic E-state index is 13.5. The normalized spacial score (nSPS) is 18.1. The van der Waals surface area contributed by atoms with E-state index < -0.39 is 11.7 Å². The lowest BCUT2D eigenvalue weighted by atomic mass is 9.77. The zero-order valence-electron chi connectivity index (χ0n) is 22.1. The van der Waals surface area contributed by atoms with Gasteiger partial charge in [0.1, 0.15) is 11.9 Å². The Hall–Kier alpha value is -3.91. The number of aromatic nitrogens is 1.